The Labute approximate surface area is 93.9 Å². The molecule has 0 rings (SSSR count). The second kappa shape index (κ2) is 8.66. The second-order valence-corrected chi connectivity index (χ2v) is 2.86. The average molecular weight is 231 g/mol. The van der Waals surface area contributed by atoms with E-state index in [4.69, 9.17) is 0 Å². The van der Waals surface area contributed by atoms with Gasteiger partial charge < -0.3 is 15.4 Å². The quantitative estimate of drug-likeness (QED) is 0.402. The minimum atomic E-state index is -0.558. The van der Waals surface area contributed by atoms with Gasteiger partial charge in [0.25, 0.3) is 0 Å². The second-order valence-electron chi connectivity index (χ2n) is 2.86. The highest BCUT2D eigenvalue weighted by atomic mass is 16.5. The number of amides is 3. The molecule has 0 aliphatic rings. The molecule has 0 saturated carbocycles. The van der Waals surface area contributed by atoms with Crippen molar-refractivity contribution in [3.63, 3.8) is 0 Å². The fourth-order valence-electron chi connectivity index (χ4n) is 0.859. The zero-order valence-corrected chi connectivity index (χ0v) is 9.46. The Kier molecular flexibility index (Phi) is 7.78. The molecule has 7 heteroatoms. The summed E-state index contributed by atoms with van der Waals surface area (Å²) in [5, 5.41) is 7.03. The number of carbonyl (C=O) groups is 3. The maximum absolute atomic E-state index is 11.0. The Bertz CT molecular complexity index is 255. The number of ether oxygens (including phenoxy) is 1. The van der Waals surface area contributed by atoms with Gasteiger partial charge in [0.1, 0.15) is 0 Å². The van der Waals surface area contributed by atoms with Gasteiger partial charge in [-0.1, -0.05) is 0 Å². The molecule has 0 bridgehead atoms. The number of nitrogens with one attached hydrogen (secondary N) is 3. The van der Waals surface area contributed by atoms with Crippen molar-refractivity contribution in [1.82, 2.24) is 16.0 Å². The summed E-state index contributed by atoms with van der Waals surface area (Å²) in [5.41, 5.74) is 0. The minimum absolute atomic E-state index is 0.0210. The van der Waals surface area contributed by atoms with E-state index in [0.29, 0.717) is 13.2 Å². The van der Waals surface area contributed by atoms with Gasteiger partial charge in [0.2, 0.25) is 5.91 Å². The molecule has 3 N–H and O–H groups in total. The standard InChI is InChI=1S/C9H17N3O4/c1-3-16-8(14)4-5-11-6-7(13)12-9(15)10-2/h11H,3-6H2,1-2H3,(H2,10,12,13,15). The molecule has 3 amide bonds. The summed E-state index contributed by atoms with van der Waals surface area (Å²) in [6, 6.07) is -0.558. The summed E-state index contributed by atoms with van der Waals surface area (Å²) in [4.78, 5) is 32.6. The summed E-state index contributed by atoms with van der Waals surface area (Å²) in [6.45, 7) is 2.38. The molecule has 0 spiro atoms. The average Bonchev–Trinajstić information content (AvgIpc) is 2.24. The molecule has 7 nitrogen and oxygen atoms in total. The topological polar surface area (TPSA) is 96.5 Å². The molecular formula is C9H17N3O4. The van der Waals surface area contributed by atoms with Gasteiger partial charge >= 0.3 is 12.0 Å². The predicted octanol–water partition coefficient (Wildman–Crippen LogP) is -1.02. The fraction of sp³-hybridized carbons (Fsp3) is 0.667. The molecular weight excluding hydrogens is 214 g/mol. The van der Waals surface area contributed by atoms with Crippen molar-refractivity contribution in [1.29, 1.82) is 0 Å². The summed E-state index contributed by atoms with van der Waals surface area (Å²) >= 11 is 0. The summed E-state index contributed by atoms with van der Waals surface area (Å²) in [6.07, 6.45) is 0.196. The highest BCUT2D eigenvalue weighted by molar-refractivity contribution is 5.95. The first kappa shape index (κ1) is 14.4. The molecule has 0 aromatic carbocycles. The number of imide groups is 1. The van der Waals surface area contributed by atoms with Gasteiger partial charge in [-0.05, 0) is 6.92 Å². The van der Waals surface area contributed by atoms with E-state index >= 15 is 0 Å². The predicted molar refractivity (Wildman–Crippen MR) is 56.7 cm³/mol. The van der Waals surface area contributed by atoms with Crippen molar-refractivity contribution in [3.05, 3.63) is 0 Å². The Morgan fingerprint density at radius 2 is 1.94 bits per heavy atom. The van der Waals surface area contributed by atoms with E-state index in [0.717, 1.165) is 0 Å². The van der Waals surface area contributed by atoms with Crippen LogP contribution in [0.5, 0.6) is 0 Å². The monoisotopic (exact) mass is 231 g/mol. The van der Waals surface area contributed by atoms with E-state index in [1.54, 1.807) is 6.92 Å². The molecule has 0 aromatic rings. The molecule has 0 heterocycles. The smallest absolute Gasteiger partial charge is 0.321 e. The number of rotatable bonds is 6. The first-order chi connectivity index (χ1) is 7.60. The van der Waals surface area contributed by atoms with Crippen molar-refractivity contribution in [2.45, 2.75) is 13.3 Å². The van der Waals surface area contributed by atoms with Gasteiger partial charge in [-0.25, -0.2) is 4.79 Å². The molecule has 0 saturated heterocycles. The van der Waals surface area contributed by atoms with Crippen LogP contribution >= 0.6 is 0 Å². The molecule has 0 aliphatic heterocycles. The third-order valence-electron chi connectivity index (χ3n) is 1.58. The Balaban J connectivity index is 3.48. The lowest BCUT2D eigenvalue weighted by atomic mass is 10.4. The lowest BCUT2D eigenvalue weighted by Gasteiger charge is -2.05. The largest absolute Gasteiger partial charge is 0.466 e. The van der Waals surface area contributed by atoms with Gasteiger partial charge in [0.15, 0.2) is 0 Å². The number of hydrogen-bond donors (Lipinski definition) is 3. The SMILES string of the molecule is CCOC(=O)CCNCC(=O)NC(=O)NC. The van der Waals surface area contributed by atoms with Gasteiger partial charge in [-0.2, -0.15) is 0 Å². The van der Waals surface area contributed by atoms with Gasteiger partial charge in [0.05, 0.1) is 19.6 Å². The van der Waals surface area contributed by atoms with Gasteiger partial charge in [-0.3, -0.25) is 14.9 Å². The molecule has 0 atom stereocenters. The van der Waals surface area contributed by atoms with Crippen LogP contribution in [0.4, 0.5) is 4.79 Å². The van der Waals surface area contributed by atoms with Crippen molar-refractivity contribution in [3.8, 4) is 0 Å². The Hall–Kier alpha value is -1.63. The van der Waals surface area contributed by atoms with Crippen molar-refractivity contribution >= 4 is 17.9 Å². The first-order valence-electron chi connectivity index (χ1n) is 4.98. The van der Waals surface area contributed by atoms with Crippen LogP contribution < -0.4 is 16.0 Å². The lowest BCUT2D eigenvalue weighted by Crippen LogP contribution is -2.42. The Morgan fingerprint density at radius 3 is 2.50 bits per heavy atom. The van der Waals surface area contributed by atoms with E-state index in [1.807, 2.05) is 0 Å². The number of carbonyl (C=O) groups excluding carboxylic acids is 3. The van der Waals surface area contributed by atoms with Gasteiger partial charge in [-0.15, -0.1) is 0 Å². The van der Waals surface area contributed by atoms with Crippen LogP contribution in [-0.4, -0.2) is 44.7 Å². The zero-order valence-electron chi connectivity index (χ0n) is 9.46. The highest BCUT2D eigenvalue weighted by Gasteiger charge is 2.05. The number of urea groups is 1. The summed E-state index contributed by atoms with van der Waals surface area (Å²) < 4.78 is 4.69. The normalized spacial score (nSPS) is 9.38. The molecule has 0 aromatic heterocycles. The highest BCUT2D eigenvalue weighted by Crippen LogP contribution is 1.83. The van der Waals surface area contributed by atoms with E-state index in [2.05, 4.69) is 20.7 Å². The molecule has 92 valence electrons. The Morgan fingerprint density at radius 1 is 1.25 bits per heavy atom. The third kappa shape index (κ3) is 7.74. The number of esters is 1. The first-order valence-corrected chi connectivity index (χ1v) is 4.98. The van der Waals surface area contributed by atoms with Crippen LogP contribution in [0.1, 0.15) is 13.3 Å². The molecule has 0 radical (unpaired) electrons. The maximum atomic E-state index is 11.0. The van der Waals surface area contributed by atoms with E-state index in [9.17, 15) is 14.4 Å². The molecule has 0 fully saturated rings. The van der Waals surface area contributed by atoms with Crippen molar-refractivity contribution < 1.29 is 19.1 Å². The molecule has 0 unspecified atom stereocenters. The molecule has 0 aliphatic carbocycles. The van der Waals surface area contributed by atoms with Crippen LogP contribution in [0.25, 0.3) is 0 Å². The molecule has 16 heavy (non-hydrogen) atoms. The zero-order chi connectivity index (χ0) is 12.4. The van der Waals surface area contributed by atoms with E-state index in [1.165, 1.54) is 7.05 Å². The van der Waals surface area contributed by atoms with Crippen LogP contribution in [0.3, 0.4) is 0 Å². The fourth-order valence-corrected chi connectivity index (χ4v) is 0.859. The maximum Gasteiger partial charge on any atom is 0.321 e. The summed E-state index contributed by atoms with van der Waals surface area (Å²) in [5.74, 6) is -0.773. The van der Waals surface area contributed by atoms with E-state index < -0.39 is 11.9 Å². The minimum Gasteiger partial charge on any atom is -0.466 e. The lowest BCUT2D eigenvalue weighted by molar-refractivity contribution is -0.143. The van der Waals surface area contributed by atoms with Crippen molar-refractivity contribution in [2.24, 2.45) is 0 Å². The number of hydrogen-bond acceptors (Lipinski definition) is 5. The van der Waals surface area contributed by atoms with Gasteiger partial charge in [0, 0.05) is 13.6 Å². The van der Waals surface area contributed by atoms with Crippen LogP contribution in [0.2, 0.25) is 0 Å². The third-order valence-corrected chi connectivity index (χ3v) is 1.58. The van der Waals surface area contributed by atoms with Crippen LogP contribution in [0.15, 0.2) is 0 Å². The van der Waals surface area contributed by atoms with Crippen LogP contribution in [0, 0.1) is 0 Å². The van der Waals surface area contributed by atoms with Crippen molar-refractivity contribution in [2.75, 3.05) is 26.7 Å². The van der Waals surface area contributed by atoms with Crippen LogP contribution in [-0.2, 0) is 14.3 Å². The summed E-state index contributed by atoms with van der Waals surface area (Å²) in [7, 11) is 1.41. The van der Waals surface area contributed by atoms with E-state index in [-0.39, 0.29) is 18.9 Å².